The Labute approximate surface area is 198 Å². The van der Waals surface area contributed by atoms with Crippen LogP contribution in [0.2, 0.25) is 0 Å². The lowest BCUT2D eigenvalue weighted by atomic mass is 9.89. The molecule has 3 heterocycles. The summed E-state index contributed by atoms with van der Waals surface area (Å²) in [5, 5.41) is 14.7. The van der Waals surface area contributed by atoms with E-state index in [0.717, 1.165) is 30.5 Å². The van der Waals surface area contributed by atoms with Crippen LogP contribution in [0.3, 0.4) is 0 Å². The smallest absolute Gasteiger partial charge is 0.306 e. The van der Waals surface area contributed by atoms with Crippen molar-refractivity contribution >= 4 is 17.8 Å². The van der Waals surface area contributed by atoms with Crippen molar-refractivity contribution in [2.45, 2.75) is 104 Å². The fraction of sp³-hybridized carbons (Fsp3) is 0.731. The molecule has 3 rings (SSSR count). The summed E-state index contributed by atoms with van der Waals surface area (Å²) in [6, 6.07) is 1.92. The number of aromatic nitrogens is 2. The van der Waals surface area contributed by atoms with Crippen LogP contribution in [0.5, 0.6) is 0 Å². The Hall–Kier alpha value is -1.99. The molecular formula is C26H42N2O5. The van der Waals surface area contributed by atoms with Gasteiger partial charge in [-0.2, -0.15) is 5.10 Å². The SMILES string of the molecule is C/C(=C\c1ccn(C)n1)C1CC2OC2CCC[C@H](C)[C@H](O)CC(=O)C(C)CCC(=O)O1.CC. The third-order valence-electron chi connectivity index (χ3n) is 6.57. The zero-order valence-electron chi connectivity index (χ0n) is 21.1. The Kier molecular flexibility index (Phi) is 10.8. The number of Topliss-reactive ketones (excluding diaryl/α,β-unsaturated/α-hetero) is 1. The zero-order valence-corrected chi connectivity index (χ0v) is 21.1. The maximum atomic E-state index is 12.6. The van der Waals surface area contributed by atoms with Crippen LogP contribution in [-0.2, 0) is 26.1 Å². The van der Waals surface area contributed by atoms with Gasteiger partial charge in [0.2, 0.25) is 0 Å². The first kappa shape index (κ1) is 27.3. The Morgan fingerprint density at radius 3 is 2.58 bits per heavy atom. The molecule has 0 aliphatic carbocycles. The molecule has 2 fully saturated rings. The summed E-state index contributed by atoms with van der Waals surface area (Å²) < 4.78 is 13.4. The average Bonchev–Trinajstić information content (AvgIpc) is 3.39. The number of aliphatic hydroxyl groups is 1. The van der Waals surface area contributed by atoms with Gasteiger partial charge in [-0.1, -0.05) is 34.1 Å². The summed E-state index contributed by atoms with van der Waals surface area (Å²) in [6.45, 7) is 9.77. The van der Waals surface area contributed by atoms with Crippen molar-refractivity contribution in [2.24, 2.45) is 18.9 Å². The number of fused-ring (bicyclic) bond motifs is 1. The Bertz CT molecular complexity index is 802. The van der Waals surface area contributed by atoms with Gasteiger partial charge in [0, 0.05) is 38.4 Å². The number of epoxide rings is 1. The summed E-state index contributed by atoms with van der Waals surface area (Å²) in [5.74, 6) is -0.506. The predicted molar refractivity (Wildman–Crippen MR) is 128 cm³/mol. The number of aliphatic hydroxyl groups excluding tert-OH is 1. The summed E-state index contributed by atoms with van der Waals surface area (Å²) in [7, 11) is 1.87. The molecular weight excluding hydrogens is 420 g/mol. The number of ketones is 1. The van der Waals surface area contributed by atoms with Crippen LogP contribution in [-0.4, -0.2) is 51.1 Å². The van der Waals surface area contributed by atoms with Gasteiger partial charge < -0.3 is 14.6 Å². The fourth-order valence-corrected chi connectivity index (χ4v) is 4.17. The highest BCUT2D eigenvalue weighted by molar-refractivity contribution is 5.81. The van der Waals surface area contributed by atoms with E-state index in [-0.39, 0.29) is 54.7 Å². The van der Waals surface area contributed by atoms with E-state index in [4.69, 9.17) is 9.47 Å². The quantitative estimate of drug-likeness (QED) is 0.515. The zero-order chi connectivity index (χ0) is 24.5. The number of ether oxygens (including phenoxy) is 2. The van der Waals surface area contributed by atoms with Gasteiger partial charge in [0.05, 0.1) is 24.0 Å². The molecule has 1 aromatic heterocycles. The van der Waals surface area contributed by atoms with Gasteiger partial charge in [0.15, 0.2) is 0 Å². The first-order chi connectivity index (χ1) is 15.7. The van der Waals surface area contributed by atoms with Crippen LogP contribution in [0.15, 0.2) is 17.8 Å². The number of aryl methyl sites for hydroxylation is 1. The maximum Gasteiger partial charge on any atom is 0.306 e. The molecule has 2 aliphatic rings. The number of hydrogen-bond acceptors (Lipinski definition) is 6. The van der Waals surface area contributed by atoms with Crippen LogP contribution >= 0.6 is 0 Å². The maximum absolute atomic E-state index is 12.6. The molecule has 0 amide bonds. The van der Waals surface area contributed by atoms with Crippen LogP contribution in [0.25, 0.3) is 6.08 Å². The molecule has 0 bridgehead atoms. The highest BCUT2D eigenvalue weighted by Gasteiger charge is 2.41. The number of rotatable bonds is 2. The number of hydrogen-bond donors (Lipinski definition) is 1. The van der Waals surface area contributed by atoms with Crippen LogP contribution in [0.4, 0.5) is 0 Å². The molecule has 0 spiro atoms. The van der Waals surface area contributed by atoms with Crippen molar-refractivity contribution in [3.63, 3.8) is 0 Å². The number of carbonyl (C=O) groups excluding carboxylic acids is 2. The molecule has 4 unspecified atom stereocenters. The molecule has 7 heteroatoms. The van der Waals surface area contributed by atoms with E-state index in [2.05, 4.69) is 5.10 Å². The third kappa shape index (κ3) is 8.70. The van der Waals surface area contributed by atoms with Gasteiger partial charge in [0.1, 0.15) is 11.9 Å². The van der Waals surface area contributed by atoms with Gasteiger partial charge in [-0.3, -0.25) is 14.3 Å². The lowest BCUT2D eigenvalue weighted by molar-refractivity contribution is -0.148. The summed E-state index contributed by atoms with van der Waals surface area (Å²) in [6.07, 6.45) is 7.17. The second-order valence-electron chi connectivity index (χ2n) is 9.32. The highest BCUT2D eigenvalue weighted by Crippen LogP contribution is 2.34. The van der Waals surface area contributed by atoms with Crippen LogP contribution in [0.1, 0.15) is 85.3 Å². The predicted octanol–water partition coefficient (Wildman–Crippen LogP) is 4.48. The molecule has 7 nitrogen and oxygen atoms in total. The molecule has 0 radical (unpaired) electrons. The summed E-state index contributed by atoms with van der Waals surface area (Å²) in [5.41, 5.74) is 1.76. The Morgan fingerprint density at radius 1 is 1.18 bits per heavy atom. The van der Waals surface area contributed by atoms with Crippen molar-refractivity contribution in [2.75, 3.05) is 0 Å². The van der Waals surface area contributed by atoms with Gasteiger partial charge in [-0.15, -0.1) is 0 Å². The molecule has 33 heavy (non-hydrogen) atoms. The molecule has 186 valence electrons. The molecule has 0 saturated carbocycles. The molecule has 1 N–H and O–H groups in total. The minimum Gasteiger partial charge on any atom is -0.458 e. The largest absolute Gasteiger partial charge is 0.458 e. The fourth-order valence-electron chi connectivity index (χ4n) is 4.17. The Morgan fingerprint density at radius 2 is 1.91 bits per heavy atom. The van der Waals surface area contributed by atoms with Crippen molar-refractivity contribution in [1.82, 2.24) is 9.78 Å². The second kappa shape index (κ2) is 13.0. The van der Waals surface area contributed by atoms with Crippen LogP contribution in [0, 0.1) is 11.8 Å². The Balaban J connectivity index is 0.00000187. The van der Waals surface area contributed by atoms with Crippen LogP contribution < -0.4 is 0 Å². The van der Waals surface area contributed by atoms with Crippen molar-refractivity contribution in [3.8, 4) is 0 Å². The molecule has 6 atom stereocenters. The molecule has 2 saturated heterocycles. The van der Waals surface area contributed by atoms with E-state index >= 15 is 0 Å². The van der Waals surface area contributed by atoms with Gasteiger partial charge in [0.25, 0.3) is 0 Å². The van der Waals surface area contributed by atoms with E-state index in [1.165, 1.54) is 0 Å². The topological polar surface area (TPSA) is 94.0 Å². The lowest BCUT2D eigenvalue weighted by Crippen LogP contribution is -2.26. The van der Waals surface area contributed by atoms with Crippen molar-refractivity contribution in [1.29, 1.82) is 0 Å². The van der Waals surface area contributed by atoms with E-state index in [9.17, 15) is 14.7 Å². The second-order valence-corrected chi connectivity index (χ2v) is 9.32. The summed E-state index contributed by atoms with van der Waals surface area (Å²) in [4.78, 5) is 25.0. The molecule has 2 aliphatic heterocycles. The standard InChI is InChI=1S/C24H36N2O5.C2H6/c1-15-6-5-7-21-23(30-21)14-22(17(3)12-18-10-11-26(4)25-18)31-24(29)9-8-16(2)20(28)13-19(15)27;1-2/h10-12,15-16,19,21-23,27H,5-9,13-14H2,1-4H3;1-2H3/b17-12+;/t15-,16?,19+,21?,22?,23?;/m0./s1. The van der Waals surface area contributed by atoms with E-state index < -0.39 is 6.10 Å². The number of cyclic esters (lactones) is 1. The van der Waals surface area contributed by atoms with Gasteiger partial charge in [-0.25, -0.2) is 0 Å². The number of esters is 1. The van der Waals surface area contributed by atoms with Crippen molar-refractivity contribution in [3.05, 3.63) is 23.5 Å². The third-order valence-corrected chi connectivity index (χ3v) is 6.57. The van der Waals surface area contributed by atoms with Gasteiger partial charge in [-0.05, 0) is 49.8 Å². The number of nitrogens with zero attached hydrogens (tertiary/aromatic N) is 2. The lowest BCUT2D eigenvalue weighted by Gasteiger charge is -2.21. The molecule has 1 aromatic rings. The normalized spacial score (nSPS) is 32.3. The van der Waals surface area contributed by atoms with E-state index in [0.29, 0.717) is 12.8 Å². The minimum atomic E-state index is -0.630. The van der Waals surface area contributed by atoms with E-state index in [1.807, 2.05) is 60.0 Å². The first-order valence-electron chi connectivity index (χ1n) is 12.5. The first-order valence-corrected chi connectivity index (χ1v) is 12.5. The van der Waals surface area contributed by atoms with E-state index in [1.54, 1.807) is 4.68 Å². The van der Waals surface area contributed by atoms with Gasteiger partial charge >= 0.3 is 5.97 Å². The summed E-state index contributed by atoms with van der Waals surface area (Å²) >= 11 is 0. The number of carbonyl (C=O) groups is 2. The van der Waals surface area contributed by atoms with Crippen molar-refractivity contribution < 1.29 is 24.2 Å². The monoisotopic (exact) mass is 462 g/mol. The average molecular weight is 463 g/mol. The highest BCUT2D eigenvalue weighted by atomic mass is 16.6. The minimum absolute atomic E-state index is 0.00705. The molecule has 0 aromatic carbocycles.